The lowest BCUT2D eigenvalue weighted by Crippen LogP contribution is -2.02. The van der Waals surface area contributed by atoms with Gasteiger partial charge in [0.1, 0.15) is 6.61 Å². The average Bonchev–Trinajstić information content (AvgIpc) is 2.79. The normalized spacial score (nSPS) is 10.6. The van der Waals surface area contributed by atoms with Gasteiger partial charge in [-0.1, -0.05) is 91.0 Å². The van der Waals surface area contributed by atoms with Crippen molar-refractivity contribution in [2.75, 3.05) is 7.11 Å². The number of hydrogen-bond acceptors (Lipinski definition) is 2. The average molecular weight is 379 g/mol. The Bertz CT molecular complexity index is 1070. The Kier molecular flexibility index (Phi) is 5.62. The molecular formula is C27H23O2. The maximum atomic E-state index is 6.24. The zero-order chi connectivity index (χ0) is 20.1. The van der Waals surface area contributed by atoms with Crippen LogP contribution in [0.5, 0.6) is 11.5 Å². The fourth-order valence-electron chi connectivity index (χ4n) is 3.50. The molecule has 0 aliphatic carbocycles. The van der Waals surface area contributed by atoms with Crippen LogP contribution >= 0.6 is 0 Å². The molecule has 0 N–H and O–H groups in total. The Morgan fingerprint density at radius 3 is 1.83 bits per heavy atom. The van der Waals surface area contributed by atoms with Gasteiger partial charge in [-0.15, -0.1) is 0 Å². The number of aryl methyl sites for hydroxylation is 1. The lowest BCUT2D eigenvalue weighted by Gasteiger charge is -2.20. The lowest BCUT2D eigenvalue weighted by atomic mass is 9.91. The SMILES string of the molecule is COc1c(OCc2ccccc2)c(C)[c]c(-c2ccccc2)c1-c1ccccc1. The van der Waals surface area contributed by atoms with Gasteiger partial charge in [-0.05, 0) is 29.7 Å². The van der Waals surface area contributed by atoms with Crippen molar-refractivity contribution in [3.05, 3.63) is 108 Å². The summed E-state index contributed by atoms with van der Waals surface area (Å²) < 4.78 is 12.2. The zero-order valence-electron chi connectivity index (χ0n) is 16.7. The highest BCUT2D eigenvalue weighted by Gasteiger charge is 2.21. The number of hydrogen-bond donors (Lipinski definition) is 0. The molecule has 2 nitrogen and oxygen atoms in total. The van der Waals surface area contributed by atoms with Gasteiger partial charge in [0, 0.05) is 16.7 Å². The molecule has 2 heteroatoms. The van der Waals surface area contributed by atoms with Crippen LogP contribution in [0.2, 0.25) is 0 Å². The summed E-state index contributed by atoms with van der Waals surface area (Å²) in [6, 6.07) is 34.3. The smallest absolute Gasteiger partial charge is 0.169 e. The zero-order valence-corrected chi connectivity index (χ0v) is 16.7. The van der Waals surface area contributed by atoms with Crippen LogP contribution in [0, 0.1) is 13.0 Å². The largest absolute Gasteiger partial charge is 0.492 e. The number of methoxy groups -OCH3 is 1. The van der Waals surface area contributed by atoms with Crippen molar-refractivity contribution in [1.29, 1.82) is 0 Å². The van der Waals surface area contributed by atoms with E-state index in [0.717, 1.165) is 44.9 Å². The van der Waals surface area contributed by atoms with Gasteiger partial charge in [-0.3, -0.25) is 0 Å². The Hall–Kier alpha value is -3.52. The van der Waals surface area contributed by atoms with E-state index in [1.54, 1.807) is 7.11 Å². The molecular weight excluding hydrogens is 356 g/mol. The minimum absolute atomic E-state index is 0.477. The predicted molar refractivity (Wildman–Crippen MR) is 118 cm³/mol. The molecule has 0 saturated carbocycles. The van der Waals surface area contributed by atoms with E-state index >= 15 is 0 Å². The van der Waals surface area contributed by atoms with E-state index < -0.39 is 0 Å². The number of rotatable bonds is 6. The summed E-state index contributed by atoms with van der Waals surface area (Å²) in [5.74, 6) is 1.47. The topological polar surface area (TPSA) is 18.5 Å². The third-order valence-corrected chi connectivity index (χ3v) is 4.89. The maximum Gasteiger partial charge on any atom is 0.169 e. The minimum Gasteiger partial charge on any atom is -0.492 e. The first-order valence-corrected chi connectivity index (χ1v) is 9.69. The summed E-state index contributed by atoms with van der Waals surface area (Å²) in [4.78, 5) is 0. The molecule has 0 atom stereocenters. The van der Waals surface area contributed by atoms with E-state index in [0.29, 0.717) is 6.61 Å². The second-order valence-electron chi connectivity index (χ2n) is 6.87. The first-order chi connectivity index (χ1) is 14.3. The van der Waals surface area contributed by atoms with E-state index in [4.69, 9.17) is 9.47 Å². The van der Waals surface area contributed by atoms with Crippen molar-refractivity contribution in [3.63, 3.8) is 0 Å². The standard InChI is InChI=1S/C27H23O2/c1-20-18-24(22-14-8-4-9-15-22)25(23-16-10-5-11-17-23)27(28-2)26(20)29-19-21-12-6-3-7-13-21/h3-17H,19H2,1-2H3. The third-order valence-electron chi connectivity index (χ3n) is 4.89. The molecule has 0 spiro atoms. The molecule has 0 aromatic heterocycles. The molecule has 29 heavy (non-hydrogen) atoms. The molecule has 0 fully saturated rings. The van der Waals surface area contributed by atoms with Crippen LogP contribution in [0.1, 0.15) is 11.1 Å². The molecule has 0 heterocycles. The second kappa shape index (κ2) is 8.66. The highest BCUT2D eigenvalue weighted by atomic mass is 16.5. The van der Waals surface area contributed by atoms with Gasteiger partial charge in [0.25, 0.3) is 0 Å². The summed E-state index contributed by atoms with van der Waals surface area (Å²) >= 11 is 0. The molecule has 143 valence electrons. The summed E-state index contributed by atoms with van der Waals surface area (Å²) in [7, 11) is 1.70. The van der Waals surface area contributed by atoms with Crippen LogP contribution in [0.15, 0.2) is 91.0 Å². The third kappa shape index (κ3) is 4.02. The molecule has 0 bridgehead atoms. The Morgan fingerprint density at radius 2 is 1.24 bits per heavy atom. The maximum absolute atomic E-state index is 6.24. The summed E-state index contributed by atoms with van der Waals surface area (Å²) in [6.45, 7) is 2.49. The molecule has 0 aliphatic heterocycles. The van der Waals surface area contributed by atoms with Crippen LogP contribution in [-0.4, -0.2) is 7.11 Å². The van der Waals surface area contributed by atoms with Crippen LogP contribution in [-0.2, 0) is 6.61 Å². The lowest BCUT2D eigenvalue weighted by molar-refractivity contribution is 0.283. The fraction of sp³-hybridized carbons (Fsp3) is 0.111. The van der Waals surface area contributed by atoms with Gasteiger partial charge in [-0.25, -0.2) is 0 Å². The highest BCUT2D eigenvalue weighted by Crippen LogP contribution is 2.46. The highest BCUT2D eigenvalue weighted by molar-refractivity contribution is 5.90. The van der Waals surface area contributed by atoms with E-state index in [2.05, 4.69) is 42.5 Å². The Morgan fingerprint density at radius 1 is 0.690 bits per heavy atom. The van der Waals surface area contributed by atoms with Crippen molar-refractivity contribution in [3.8, 4) is 33.8 Å². The Labute approximate surface area is 172 Å². The Balaban J connectivity index is 1.87. The molecule has 0 saturated heterocycles. The van der Waals surface area contributed by atoms with Gasteiger partial charge >= 0.3 is 0 Å². The van der Waals surface area contributed by atoms with E-state index in [-0.39, 0.29) is 0 Å². The molecule has 4 rings (SSSR count). The van der Waals surface area contributed by atoms with Gasteiger partial charge in [-0.2, -0.15) is 0 Å². The number of ether oxygens (including phenoxy) is 2. The van der Waals surface area contributed by atoms with Crippen LogP contribution in [0.3, 0.4) is 0 Å². The van der Waals surface area contributed by atoms with Crippen molar-refractivity contribution >= 4 is 0 Å². The van der Waals surface area contributed by atoms with Crippen LogP contribution < -0.4 is 9.47 Å². The summed E-state index contributed by atoms with van der Waals surface area (Å²) in [5.41, 5.74) is 6.22. The van der Waals surface area contributed by atoms with E-state index in [1.165, 1.54) is 0 Å². The predicted octanol–water partition coefficient (Wildman–Crippen LogP) is 6.72. The molecule has 1 radical (unpaired) electrons. The van der Waals surface area contributed by atoms with Gasteiger partial charge in [0.2, 0.25) is 0 Å². The first-order valence-electron chi connectivity index (χ1n) is 9.69. The number of benzene rings is 4. The second-order valence-corrected chi connectivity index (χ2v) is 6.87. The molecule has 0 unspecified atom stereocenters. The van der Waals surface area contributed by atoms with Crippen molar-refractivity contribution in [2.24, 2.45) is 0 Å². The minimum atomic E-state index is 0.477. The van der Waals surface area contributed by atoms with E-state index in [9.17, 15) is 0 Å². The summed E-state index contributed by atoms with van der Waals surface area (Å²) in [6.07, 6.45) is 0. The van der Waals surface area contributed by atoms with E-state index in [1.807, 2.05) is 61.5 Å². The molecule has 4 aromatic carbocycles. The van der Waals surface area contributed by atoms with Crippen molar-refractivity contribution < 1.29 is 9.47 Å². The van der Waals surface area contributed by atoms with Crippen molar-refractivity contribution in [2.45, 2.75) is 13.5 Å². The van der Waals surface area contributed by atoms with Crippen molar-refractivity contribution in [1.82, 2.24) is 0 Å². The summed E-state index contributed by atoms with van der Waals surface area (Å²) in [5, 5.41) is 0. The quantitative estimate of drug-likeness (QED) is 0.370. The first kappa shape index (κ1) is 18.8. The molecule has 4 aromatic rings. The molecule has 0 amide bonds. The van der Waals surface area contributed by atoms with Gasteiger partial charge in [0.15, 0.2) is 11.5 Å². The van der Waals surface area contributed by atoms with Crippen LogP contribution in [0.4, 0.5) is 0 Å². The van der Waals surface area contributed by atoms with Gasteiger partial charge < -0.3 is 9.47 Å². The monoisotopic (exact) mass is 379 g/mol. The van der Waals surface area contributed by atoms with Gasteiger partial charge in [0.05, 0.1) is 7.11 Å². The molecule has 0 aliphatic rings. The fourth-order valence-corrected chi connectivity index (χ4v) is 3.50. The van der Waals surface area contributed by atoms with Crippen LogP contribution in [0.25, 0.3) is 22.3 Å².